The molecule has 0 aliphatic rings. The fourth-order valence-corrected chi connectivity index (χ4v) is 2.24. The maximum absolute atomic E-state index is 12.3. The Morgan fingerprint density at radius 1 is 1.12 bits per heavy atom. The van der Waals surface area contributed by atoms with Gasteiger partial charge in [0.15, 0.2) is 0 Å². The van der Waals surface area contributed by atoms with Crippen molar-refractivity contribution in [2.75, 3.05) is 11.9 Å². The van der Waals surface area contributed by atoms with Gasteiger partial charge in [0, 0.05) is 19.2 Å². The number of aromatic nitrogens is 2. The minimum atomic E-state index is -0.187. The molecule has 0 unspecified atom stereocenters. The van der Waals surface area contributed by atoms with Crippen LogP contribution in [0.2, 0.25) is 0 Å². The van der Waals surface area contributed by atoms with Crippen LogP contribution < -0.4 is 10.6 Å². The van der Waals surface area contributed by atoms with Gasteiger partial charge in [-0.05, 0) is 31.7 Å². The van der Waals surface area contributed by atoms with Gasteiger partial charge in [-0.25, -0.2) is 9.97 Å². The third-order valence-electron chi connectivity index (χ3n) is 3.67. The van der Waals surface area contributed by atoms with Gasteiger partial charge >= 0.3 is 0 Å². The highest BCUT2D eigenvalue weighted by Crippen LogP contribution is 2.09. The van der Waals surface area contributed by atoms with Crippen LogP contribution in [0.25, 0.3) is 0 Å². The number of aryl methyl sites for hydroxylation is 2. The van der Waals surface area contributed by atoms with E-state index >= 15 is 0 Å². The largest absolute Gasteiger partial charge is 0.370 e. The van der Waals surface area contributed by atoms with E-state index in [4.69, 9.17) is 0 Å². The van der Waals surface area contributed by atoms with E-state index < -0.39 is 0 Å². The minimum Gasteiger partial charge on any atom is -0.370 e. The molecule has 1 amide bonds. The van der Waals surface area contributed by atoms with Gasteiger partial charge in [-0.15, -0.1) is 0 Å². The summed E-state index contributed by atoms with van der Waals surface area (Å²) in [5.74, 6) is 1.72. The number of carbonyl (C=O) groups excluding carboxylic acids is 1. The molecule has 0 fully saturated rings. The van der Waals surface area contributed by atoms with E-state index in [-0.39, 0.29) is 5.91 Å². The second-order valence-corrected chi connectivity index (χ2v) is 6.46. The van der Waals surface area contributed by atoms with Gasteiger partial charge in [0.1, 0.15) is 17.3 Å². The van der Waals surface area contributed by atoms with Crippen LogP contribution in [-0.4, -0.2) is 22.4 Å². The first-order chi connectivity index (χ1) is 11.4. The molecule has 2 aromatic rings. The Morgan fingerprint density at radius 3 is 2.50 bits per heavy atom. The second-order valence-electron chi connectivity index (χ2n) is 6.46. The molecule has 1 aromatic heterocycles. The lowest BCUT2D eigenvalue weighted by molar-refractivity contribution is 0.0945. The molecule has 24 heavy (non-hydrogen) atoms. The van der Waals surface area contributed by atoms with Gasteiger partial charge in [-0.3, -0.25) is 4.79 Å². The predicted molar refractivity (Wildman–Crippen MR) is 97.1 cm³/mol. The molecule has 5 nitrogen and oxygen atoms in total. The normalized spacial score (nSPS) is 10.7. The zero-order valence-electron chi connectivity index (χ0n) is 14.9. The lowest BCUT2D eigenvalue weighted by Gasteiger charge is -2.10. The van der Waals surface area contributed by atoms with Gasteiger partial charge < -0.3 is 10.6 Å². The standard InChI is InChI=1S/C19H26N4O/c1-13(2)9-10-20-18-11-17(22-15(4)23-18)19(24)21-12-16-7-5-14(3)6-8-16/h5-8,11,13H,9-10,12H2,1-4H3,(H,21,24)(H,20,22,23). The van der Waals surface area contributed by atoms with Crippen LogP contribution in [0, 0.1) is 19.8 Å². The van der Waals surface area contributed by atoms with Gasteiger partial charge in [0.2, 0.25) is 0 Å². The molecule has 0 spiro atoms. The number of carbonyl (C=O) groups is 1. The molecule has 0 saturated carbocycles. The Labute approximate surface area is 143 Å². The van der Waals surface area contributed by atoms with Crippen molar-refractivity contribution in [3.63, 3.8) is 0 Å². The lowest BCUT2D eigenvalue weighted by Crippen LogP contribution is -2.24. The zero-order chi connectivity index (χ0) is 17.5. The number of hydrogen-bond acceptors (Lipinski definition) is 4. The molecule has 2 N–H and O–H groups in total. The number of amides is 1. The van der Waals surface area contributed by atoms with Crippen LogP contribution in [0.1, 0.15) is 47.7 Å². The Morgan fingerprint density at radius 2 is 1.83 bits per heavy atom. The Bertz CT molecular complexity index is 680. The SMILES string of the molecule is Cc1ccc(CNC(=O)c2cc(NCCC(C)C)nc(C)n2)cc1. The van der Waals surface area contributed by atoms with Crippen molar-refractivity contribution >= 4 is 11.7 Å². The number of nitrogens with zero attached hydrogens (tertiary/aromatic N) is 2. The third-order valence-corrected chi connectivity index (χ3v) is 3.67. The fourth-order valence-electron chi connectivity index (χ4n) is 2.24. The van der Waals surface area contributed by atoms with E-state index in [1.807, 2.05) is 31.2 Å². The summed E-state index contributed by atoms with van der Waals surface area (Å²) in [5, 5.41) is 6.17. The minimum absolute atomic E-state index is 0.187. The van der Waals surface area contributed by atoms with E-state index in [1.54, 1.807) is 13.0 Å². The number of rotatable bonds is 7. The Kier molecular flexibility index (Phi) is 6.29. The summed E-state index contributed by atoms with van der Waals surface area (Å²) in [7, 11) is 0. The highest BCUT2D eigenvalue weighted by molar-refractivity contribution is 5.92. The van der Waals surface area contributed by atoms with Gasteiger partial charge in [0.05, 0.1) is 0 Å². The first kappa shape index (κ1) is 17.9. The first-order valence-electron chi connectivity index (χ1n) is 8.37. The van der Waals surface area contributed by atoms with Gasteiger partial charge in [-0.1, -0.05) is 43.7 Å². The molecule has 0 aliphatic carbocycles. The maximum atomic E-state index is 12.3. The van der Waals surface area contributed by atoms with E-state index in [9.17, 15) is 4.79 Å². The van der Waals surface area contributed by atoms with Crippen molar-refractivity contribution < 1.29 is 4.79 Å². The van der Waals surface area contributed by atoms with Crippen LogP contribution in [0.15, 0.2) is 30.3 Å². The summed E-state index contributed by atoms with van der Waals surface area (Å²) in [6, 6.07) is 9.80. The zero-order valence-corrected chi connectivity index (χ0v) is 14.9. The van der Waals surface area contributed by atoms with E-state index in [2.05, 4.69) is 34.4 Å². The van der Waals surface area contributed by atoms with E-state index in [0.29, 0.717) is 29.8 Å². The number of anilines is 1. The van der Waals surface area contributed by atoms with Gasteiger partial charge in [-0.2, -0.15) is 0 Å². The van der Waals surface area contributed by atoms with E-state index in [0.717, 1.165) is 18.5 Å². The summed E-state index contributed by atoms with van der Waals surface area (Å²) >= 11 is 0. The summed E-state index contributed by atoms with van der Waals surface area (Å²) < 4.78 is 0. The molecule has 1 aromatic carbocycles. The molecule has 128 valence electrons. The smallest absolute Gasteiger partial charge is 0.270 e. The summed E-state index contributed by atoms with van der Waals surface area (Å²) in [5.41, 5.74) is 2.66. The molecule has 1 heterocycles. The van der Waals surface area contributed by atoms with Gasteiger partial charge in [0.25, 0.3) is 5.91 Å². The van der Waals surface area contributed by atoms with Crippen LogP contribution in [-0.2, 0) is 6.54 Å². The van der Waals surface area contributed by atoms with Crippen molar-refractivity contribution in [3.8, 4) is 0 Å². The van der Waals surface area contributed by atoms with Crippen LogP contribution in [0.4, 0.5) is 5.82 Å². The molecular formula is C19H26N4O. The maximum Gasteiger partial charge on any atom is 0.270 e. The highest BCUT2D eigenvalue weighted by Gasteiger charge is 2.10. The Hall–Kier alpha value is -2.43. The molecular weight excluding hydrogens is 300 g/mol. The van der Waals surface area contributed by atoms with Crippen molar-refractivity contribution in [1.82, 2.24) is 15.3 Å². The topological polar surface area (TPSA) is 66.9 Å². The summed E-state index contributed by atoms with van der Waals surface area (Å²) in [4.78, 5) is 20.9. The molecule has 0 bridgehead atoms. The molecule has 5 heteroatoms. The van der Waals surface area contributed by atoms with E-state index in [1.165, 1.54) is 5.56 Å². The third kappa shape index (κ3) is 5.65. The first-order valence-corrected chi connectivity index (χ1v) is 8.37. The molecule has 0 radical (unpaired) electrons. The summed E-state index contributed by atoms with van der Waals surface area (Å²) in [6.45, 7) is 9.51. The highest BCUT2D eigenvalue weighted by atomic mass is 16.1. The van der Waals surface area contributed by atoms with Crippen molar-refractivity contribution in [2.45, 2.75) is 40.7 Å². The summed E-state index contributed by atoms with van der Waals surface area (Å²) in [6.07, 6.45) is 1.05. The van der Waals surface area contributed by atoms with Crippen LogP contribution in [0.5, 0.6) is 0 Å². The average Bonchev–Trinajstić information content (AvgIpc) is 2.53. The van der Waals surface area contributed by atoms with Crippen LogP contribution >= 0.6 is 0 Å². The van der Waals surface area contributed by atoms with Crippen molar-refractivity contribution in [3.05, 3.63) is 53.0 Å². The van der Waals surface area contributed by atoms with Crippen molar-refractivity contribution in [1.29, 1.82) is 0 Å². The number of hydrogen-bond donors (Lipinski definition) is 2. The van der Waals surface area contributed by atoms with Crippen molar-refractivity contribution in [2.24, 2.45) is 5.92 Å². The number of benzene rings is 1. The lowest BCUT2D eigenvalue weighted by atomic mass is 10.1. The number of nitrogens with one attached hydrogen (secondary N) is 2. The Balaban J connectivity index is 1.97. The molecule has 0 atom stereocenters. The fraction of sp³-hybridized carbons (Fsp3) is 0.421. The predicted octanol–water partition coefficient (Wildman–Crippen LogP) is 3.48. The molecule has 0 saturated heterocycles. The second kappa shape index (κ2) is 8.43. The van der Waals surface area contributed by atoms with Crippen LogP contribution in [0.3, 0.4) is 0 Å². The molecule has 2 rings (SSSR count). The quantitative estimate of drug-likeness (QED) is 0.817. The molecule has 0 aliphatic heterocycles. The average molecular weight is 326 g/mol. The monoisotopic (exact) mass is 326 g/mol.